The molecule has 2 atom stereocenters. The lowest BCUT2D eigenvalue weighted by Gasteiger charge is -2.58. The molecular formula is C19H22BrClO3. The Bertz CT molecular complexity index is 616. The highest BCUT2D eigenvalue weighted by Crippen LogP contribution is 2.64. The van der Waals surface area contributed by atoms with Crippen molar-refractivity contribution in [2.75, 3.05) is 13.2 Å². The van der Waals surface area contributed by atoms with Crippen LogP contribution in [-0.4, -0.2) is 24.1 Å². The lowest BCUT2D eigenvalue weighted by atomic mass is 9.49. The Morgan fingerprint density at radius 3 is 2.42 bits per heavy atom. The lowest BCUT2D eigenvalue weighted by molar-refractivity contribution is -0.170. The average molecular weight is 414 g/mol. The first-order chi connectivity index (χ1) is 11.5. The number of hydrogen-bond donors (Lipinski definition) is 0. The van der Waals surface area contributed by atoms with Gasteiger partial charge in [-0.15, -0.1) is 11.6 Å². The van der Waals surface area contributed by atoms with E-state index in [1.807, 2.05) is 24.3 Å². The van der Waals surface area contributed by atoms with Crippen LogP contribution in [0, 0.1) is 17.3 Å². The highest BCUT2D eigenvalue weighted by Gasteiger charge is 2.60. The van der Waals surface area contributed by atoms with Crippen LogP contribution in [0.3, 0.4) is 0 Å². The van der Waals surface area contributed by atoms with E-state index in [-0.39, 0.29) is 16.3 Å². The van der Waals surface area contributed by atoms with Gasteiger partial charge < -0.3 is 9.47 Å². The van der Waals surface area contributed by atoms with Crippen LogP contribution in [0.5, 0.6) is 5.75 Å². The molecule has 0 aliphatic heterocycles. The zero-order chi connectivity index (χ0) is 16.8. The van der Waals surface area contributed by atoms with Crippen LogP contribution in [0.2, 0.25) is 0 Å². The molecule has 5 heteroatoms. The Hall–Kier alpha value is -0.740. The predicted molar refractivity (Wildman–Crippen MR) is 96.3 cm³/mol. The minimum atomic E-state index is -0.330. The summed E-state index contributed by atoms with van der Waals surface area (Å²) in [5.74, 6) is 1.94. The van der Waals surface area contributed by atoms with Crippen LogP contribution in [0.4, 0.5) is 0 Å². The fourth-order valence-corrected chi connectivity index (χ4v) is 6.32. The topological polar surface area (TPSA) is 35.5 Å². The molecule has 4 aliphatic rings. The first-order valence-electron chi connectivity index (χ1n) is 8.71. The van der Waals surface area contributed by atoms with Crippen molar-refractivity contribution in [3.05, 3.63) is 28.7 Å². The van der Waals surface area contributed by atoms with E-state index in [9.17, 15) is 4.79 Å². The van der Waals surface area contributed by atoms with Gasteiger partial charge in [0.25, 0.3) is 0 Å². The Morgan fingerprint density at radius 1 is 1.12 bits per heavy atom. The van der Waals surface area contributed by atoms with Crippen molar-refractivity contribution < 1.29 is 14.3 Å². The largest absolute Gasteiger partial charge is 0.490 e. The molecule has 4 fully saturated rings. The van der Waals surface area contributed by atoms with Gasteiger partial charge in [0.2, 0.25) is 0 Å². The normalized spacial score (nSPS) is 36.6. The molecule has 4 bridgehead atoms. The fourth-order valence-electron chi connectivity index (χ4n) is 5.37. The van der Waals surface area contributed by atoms with E-state index < -0.39 is 0 Å². The van der Waals surface area contributed by atoms with Crippen molar-refractivity contribution in [3.8, 4) is 5.75 Å². The van der Waals surface area contributed by atoms with Crippen molar-refractivity contribution in [2.45, 2.75) is 43.4 Å². The second-order valence-corrected chi connectivity index (χ2v) is 9.55. The van der Waals surface area contributed by atoms with Gasteiger partial charge >= 0.3 is 5.97 Å². The number of halogens is 2. The maximum atomic E-state index is 12.8. The van der Waals surface area contributed by atoms with Crippen LogP contribution < -0.4 is 4.74 Å². The SMILES string of the molecule is O=C(OCCOc1ccc(Br)cc1)C12CC3CC(CC(Cl)(C3)C1)C2. The number of esters is 1. The van der Waals surface area contributed by atoms with Gasteiger partial charge in [0, 0.05) is 9.35 Å². The molecule has 0 saturated heterocycles. The number of carbonyl (C=O) groups excluding carboxylic acids is 1. The molecule has 0 spiro atoms. The predicted octanol–water partition coefficient (Wildman–Crippen LogP) is 4.95. The molecule has 2 unspecified atom stereocenters. The molecule has 24 heavy (non-hydrogen) atoms. The smallest absolute Gasteiger partial charge is 0.312 e. The molecule has 1 aromatic rings. The first kappa shape index (κ1) is 16.7. The summed E-state index contributed by atoms with van der Waals surface area (Å²) >= 11 is 10.2. The van der Waals surface area contributed by atoms with Crippen molar-refractivity contribution >= 4 is 33.5 Å². The van der Waals surface area contributed by atoms with Gasteiger partial charge in [-0.05, 0) is 74.6 Å². The van der Waals surface area contributed by atoms with Gasteiger partial charge in [0.1, 0.15) is 19.0 Å². The fraction of sp³-hybridized carbons (Fsp3) is 0.632. The molecule has 3 nitrogen and oxygen atoms in total. The molecule has 0 amide bonds. The number of rotatable bonds is 5. The van der Waals surface area contributed by atoms with Crippen LogP contribution in [-0.2, 0) is 9.53 Å². The highest BCUT2D eigenvalue weighted by molar-refractivity contribution is 9.10. The summed E-state index contributed by atoms with van der Waals surface area (Å²) in [6, 6.07) is 7.64. The zero-order valence-corrected chi connectivity index (χ0v) is 15.9. The molecule has 0 radical (unpaired) electrons. The summed E-state index contributed by atoms with van der Waals surface area (Å²) in [4.78, 5) is 12.6. The summed E-state index contributed by atoms with van der Waals surface area (Å²) in [6.07, 6.45) is 6.12. The number of carbonyl (C=O) groups is 1. The maximum absolute atomic E-state index is 12.8. The van der Waals surface area contributed by atoms with Gasteiger partial charge in [0.05, 0.1) is 5.41 Å². The highest BCUT2D eigenvalue weighted by atomic mass is 79.9. The second-order valence-electron chi connectivity index (χ2n) is 7.83. The minimum Gasteiger partial charge on any atom is -0.490 e. The van der Waals surface area contributed by atoms with E-state index in [1.54, 1.807) is 0 Å². The van der Waals surface area contributed by atoms with E-state index in [4.69, 9.17) is 21.1 Å². The zero-order valence-electron chi connectivity index (χ0n) is 13.6. The third-order valence-electron chi connectivity index (χ3n) is 5.82. The lowest BCUT2D eigenvalue weighted by Crippen LogP contribution is -2.56. The summed E-state index contributed by atoms with van der Waals surface area (Å²) in [5, 5.41) is 0. The molecule has 5 rings (SSSR count). The maximum Gasteiger partial charge on any atom is 0.312 e. The quantitative estimate of drug-likeness (QED) is 0.389. The van der Waals surface area contributed by atoms with Gasteiger partial charge in [-0.1, -0.05) is 15.9 Å². The summed E-state index contributed by atoms with van der Waals surface area (Å²) in [6.45, 7) is 0.670. The summed E-state index contributed by atoms with van der Waals surface area (Å²) in [7, 11) is 0. The summed E-state index contributed by atoms with van der Waals surface area (Å²) < 4.78 is 12.2. The van der Waals surface area contributed by atoms with Crippen LogP contribution >= 0.6 is 27.5 Å². The Labute approximate surface area is 156 Å². The Morgan fingerprint density at radius 2 is 1.79 bits per heavy atom. The average Bonchev–Trinajstić information content (AvgIpc) is 2.50. The van der Waals surface area contributed by atoms with Crippen molar-refractivity contribution in [3.63, 3.8) is 0 Å². The van der Waals surface area contributed by atoms with Crippen LogP contribution in [0.15, 0.2) is 28.7 Å². The summed E-state index contributed by atoms with van der Waals surface area (Å²) in [5.41, 5.74) is -0.330. The van der Waals surface area contributed by atoms with E-state index in [0.717, 1.165) is 42.3 Å². The Balaban J connectivity index is 1.31. The molecule has 4 saturated carbocycles. The van der Waals surface area contributed by atoms with Gasteiger partial charge in [-0.3, -0.25) is 4.79 Å². The minimum absolute atomic E-state index is 0.0546. The molecule has 4 aliphatic carbocycles. The second kappa shape index (κ2) is 6.21. The number of ether oxygens (including phenoxy) is 2. The first-order valence-corrected chi connectivity index (χ1v) is 9.88. The third kappa shape index (κ3) is 3.20. The number of benzene rings is 1. The number of alkyl halides is 1. The van der Waals surface area contributed by atoms with E-state index in [0.29, 0.717) is 25.0 Å². The van der Waals surface area contributed by atoms with Crippen molar-refractivity contribution in [1.29, 1.82) is 0 Å². The molecule has 0 aromatic heterocycles. The molecular weight excluding hydrogens is 392 g/mol. The van der Waals surface area contributed by atoms with E-state index >= 15 is 0 Å². The van der Waals surface area contributed by atoms with Gasteiger partial charge in [0.15, 0.2) is 0 Å². The van der Waals surface area contributed by atoms with Crippen molar-refractivity contribution in [1.82, 2.24) is 0 Å². The standard InChI is InChI=1S/C19H22BrClO3/c20-15-1-3-16(4-2-15)23-5-6-24-17(22)18-8-13-7-14(9-18)11-19(21,10-13)12-18/h1-4,13-14H,5-12H2. The Kier molecular flexibility index (Phi) is 4.32. The molecule has 130 valence electrons. The van der Waals surface area contributed by atoms with Crippen molar-refractivity contribution in [2.24, 2.45) is 17.3 Å². The molecule has 0 N–H and O–H groups in total. The van der Waals surface area contributed by atoms with Gasteiger partial charge in [-0.25, -0.2) is 0 Å². The van der Waals surface area contributed by atoms with E-state index in [1.165, 1.54) is 6.42 Å². The van der Waals surface area contributed by atoms with E-state index in [2.05, 4.69) is 15.9 Å². The monoisotopic (exact) mass is 412 g/mol. The molecule has 1 aromatic carbocycles. The molecule has 0 heterocycles. The van der Waals surface area contributed by atoms with Gasteiger partial charge in [-0.2, -0.15) is 0 Å². The van der Waals surface area contributed by atoms with Crippen LogP contribution in [0.25, 0.3) is 0 Å². The van der Waals surface area contributed by atoms with Crippen LogP contribution in [0.1, 0.15) is 38.5 Å². The number of hydrogen-bond acceptors (Lipinski definition) is 3. The third-order valence-corrected chi connectivity index (χ3v) is 6.79.